The van der Waals surface area contributed by atoms with E-state index in [1.165, 1.54) is 0 Å². The molecule has 0 aliphatic heterocycles. The highest BCUT2D eigenvalue weighted by Crippen LogP contribution is 1.98. The molecule has 0 aliphatic rings. The molecule has 1 amide bonds. The van der Waals surface area contributed by atoms with E-state index in [1.54, 1.807) is 6.92 Å². The molecule has 5 heteroatoms. The molecule has 58 valence electrons. The average molecular weight is 166 g/mol. The summed E-state index contributed by atoms with van der Waals surface area (Å²) in [4.78, 5) is 20.6. The molecule has 0 aromatic rings. The van der Waals surface area contributed by atoms with Crippen LogP contribution in [0.2, 0.25) is 0 Å². The number of alkyl halides is 1. The number of carbonyl (C=O) groups excluding carboxylic acids is 2. The van der Waals surface area contributed by atoms with Crippen LogP contribution in [0.5, 0.6) is 0 Å². The molecular weight excluding hydrogens is 158 g/mol. The van der Waals surface area contributed by atoms with Crippen LogP contribution in [0.1, 0.15) is 13.3 Å². The lowest BCUT2D eigenvalue weighted by Gasteiger charge is -2.04. The Labute approximate surface area is 63.3 Å². The molecule has 0 aliphatic carbocycles. The number of hydrogen-bond donors (Lipinski definition) is 1. The Hall–Kier alpha value is -0.770. The van der Waals surface area contributed by atoms with Gasteiger partial charge in [0, 0.05) is 6.42 Å². The molecule has 0 saturated carbocycles. The maximum absolute atomic E-state index is 10.4. The Morgan fingerprint density at radius 1 is 1.70 bits per heavy atom. The molecule has 0 aromatic heterocycles. The highest BCUT2D eigenvalue weighted by atomic mass is 35.5. The molecule has 0 radical (unpaired) electrons. The van der Waals surface area contributed by atoms with E-state index < -0.39 is 17.4 Å². The summed E-state index contributed by atoms with van der Waals surface area (Å²) >= 11 is 5.17. The number of hydrogen-bond acceptors (Lipinski definition) is 3. The maximum Gasteiger partial charge on any atom is 0.307 e. The molecule has 1 unspecified atom stereocenters. The monoisotopic (exact) mass is 165 g/mol. The van der Waals surface area contributed by atoms with Gasteiger partial charge in [-0.05, 0) is 0 Å². The first-order chi connectivity index (χ1) is 4.57. The highest BCUT2D eigenvalue weighted by Gasteiger charge is 2.14. The van der Waals surface area contributed by atoms with E-state index in [-0.39, 0.29) is 6.42 Å². The first-order valence-corrected chi connectivity index (χ1v) is 3.14. The molecule has 4 nitrogen and oxygen atoms in total. The number of amides is 1. The van der Waals surface area contributed by atoms with Crippen LogP contribution in [0, 0.1) is 0 Å². The topological polar surface area (TPSA) is 69.4 Å². The van der Waals surface area contributed by atoms with Crippen LogP contribution in [0.3, 0.4) is 0 Å². The second-order valence-corrected chi connectivity index (χ2v) is 1.96. The summed E-state index contributed by atoms with van der Waals surface area (Å²) in [6.45, 7) is 1.59. The van der Waals surface area contributed by atoms with Gasteiger partial charge in [0.15, 0.2) is 0 Å². The van der Waals surface area contributed by atoms with Crippen LogP contribution < -0.4 is 5.73 Å². The van der Waals surface area contributed by atoms with Crippen LogP contribution in [0.4, 0.5) is 0 Å². The Morgan fingerprint density at radius 3 is 2.50 bits per heavy atom. The smallest absolute Gasteiger partial charge is 0.307 e. The van der Waals surface area contributed by atoms with Crippen molar-refractivity contribution in [1.82, 2.24) is 0 Å². The van der Waals surface area contributed by atoms with Crippen molar-refractivity contribution in [3.63, 3.8) is 0 Å². The summed E-state index contributed by atoms with van der Waals surface area (Å²) in [6, 6.07) is 0. The molecule has 0 heterocycles. The average Bonchev–Trinajstić information content (AvgIpc) is 1.87. The predicted octanol–water partition coefficient (Wildman–Crippen LogP) is -0.0102. The molecule has 1 atom stereocenters. The summed E-state index contributed by atoms with van der Waals surface area (Å²) < 4.78 is 4.31. The van der Waals surface area contributed by atoms with Crippen molar-refractivity contribution in [3.05, 3.63) is 0 Å². The standard InChI is InChI=1S/C5H8ClNO3/c1-2-3(8)10-4(6)5(7)9/h4H,2H2,1H3,(H2,7,9). The fourth-order valence-electron chi connectivity index (χ4n) is 0.257. The van der Waals surface area contributed by atoms with E-state index in [0.29, 0.717) is 0 Å². The Bertz CT molecular complexity index is 148. The van der Waals surface area contributed by atoms with Gasteiger partial charge in [0.2, 0.25) is 0 Å². The lowest BCUT2D eigenvalue weighted by Crippen LogP contribution is -2.28. The minimum absolute atomic E-state index is 0.177. The third kappa shape index (κ3) is 3.29. The Balaban J connectivity index is 3.68. The van der Waals surface area contributed by atoms with Crippen molar-refractivity contribution >= 4 is 23.5 Å². The van der Waals surface area contributed by atoms with Gasteiger partial charge in [-0.1, -0.05) is 18.5 Å². The second kappa shape index (κ2) is 4.11. The molecule has 0 aromatic carbocycles. The largest absolute Gasteiger partial charge is 0.436 e. The third-order valence-corrected chi connectivity index (χ3v) is 1.05. The van der Waals surface area contributed by atoms with Gasteiger partial charge in [-0.3, -0.25) is 9.59 Å². The van der Waals surface area contributed by atoms with Crippen LogP contribution in [-0.2, 0) is 14.3 Å². The zero-order valence-electron chi connectivity index (χ0n) is 5.46. The molecular formula is C5H8ClNO3. The molecule has 0 rings (SSSR count). The summed E-state index contributed by atoms with van der Waals surface area (Å²) in [6.07, 6.45) is 0.177. The molecule has 2 N–H and O–H groups in total. The van der Waals surface area contributed by atoms with E-state index in [1.807, 2.05) is 0 Å². The summed E-state index contributed by atoms with van der Waals surface area (Å²) in [7, 11) is 0. The van der Waals surface area contributed by atoms with Gasteiger partial charge >= 0.3 is 5.97 Å². The van der Waals surface area contributed by atoms with E-state index >= 15 is 0 Å². The van der Waals surface area contributed by atoms with Crippen molar-refractivity contribution in [1.29, 1.82) is 0 Å². The zero-order chi connectivity index (χ0) is 8.15. The van der Waals surface area contributed by atoms with Crippen LogP contribution in [-0.4, -0.2) is 17.4 Å². The van der Waals surface area contributed by atoms with E-state index in [4.69, 9.17) is 17.3 Å². The molecule has 10 heavy (non-hydrogen) atoms. The minimum Gasteiger partial charge on any atom is -0.436 e. The molecule has 0 fully saturated rings. The number of rotatable bonds is 3. The number of carbonyl (C=O) groups is 2. The number of nitrogens with two attached hydrogens (primary N) is 1. The molecule has 0 bridgehead atoms. The summed E-state index contributed by atoms with van der Waals surface area (Å²) in [5, 5.41) is 0. The van der Waals surface area contributed by atoms with E-state index in [2.05, 4.69) is 4.74 Å². The van der Waals surface area contributed by atoms with Gasteiger partial charge in [-0.15, -0.1) is 0 Å². The van der Waals surface area contributed by atoms with Gasteiger partial charge in [0.25, 0.3) is 11.5 Å². The van der Waals surface area contributed by atoms with Crippen molar-refractivity contribution in [2.24, 2.45) is 5.73 Å². The molecule has 0 saturated heterocycles. The normalized spacial score (nSPS) is 12.2. The Kier molecular flexibility index (Phi) is 3.79. The first kappa shape index (κ1) is 9.23. The van der Waals surface area contributed by atoms with Crippen molar-refractivity contribution in [2.45, 2.75) is 18.9 Å². The predicted molar refractivity (Wildman–Crippen MR) is 35.2 cm³/mol. The number of esters is 1. The number of ether oxygens (including phenoxy) is 1. The molecule has 0 spiro atoms. The van der Waals surface area contributed by atoms with E-state index in [0.717, 1.165) is 0 Å². The van der Waals surface area contributed by atoms with Crippen molar-refractivity contribution in [3.8, 4) is 0 Å². The quantitative estimate of drug-likeness (QED) is 0.472. The third-order valence-electron chi connectivity index (χ3n) is 0.747. The fourth-order valence-corrected chi connectivity index (χ4v) is 0.356. The Morgan fingerprint density at radius 2 is 2.20 bits per heavy atom. The van der Waals surface area contributed by atoms with E-state index in [9.17, 15) is 9.59 Å². The van der Waals surface area contributed by atoms with Gasteiger partial charge in [0.05, 0.1) is 0 Å². The number of primary amides is 1. The zero-order valence-corrected chi connectivity index (χ0v) is 6.22. The lowest BCUT2D eigenvalue weighted by molar-refractivity contribution is -0.149. The maximum atomic E-state index is 10.4. The summed E-state index contributed by atoms with van der Waals surface area (Å²) in [5.41, 5.74) is 3.35. The van der Waals surface area contributed by atoms with Gasteiger partial charge in [0.1, 0.15) is 0 Å². The number of halogens is 1. The van der Waals surface area contributed by atoms with Crippen LogP contribution >= 0.6 is 11.6 Å². The fraction of sp³-hybridized carbons (Fsp3) is 0.600. The second-order valence-electron chi connectivity index (χ2n) is 1.56. The van der Waals surface area contributed by atoms with Gasteiger partial charge < -0.3 is 10.5 Å². The van der Waals surface area contributed by atoms with Crippen molar-refractivity contribution < 1.29 is 14.3 Å². The first-order valence-electron chi connectivity index (χ1n) is 2.70. The van der Waals surface area contributed by atoms with Gasteiger partial charge in [-0.25, -0.2) is 0 Å². The lowest BCUT2D eigenvalue weighted by atomic mass is 10.5. The van der Waals surface area contributed by atoms with Crippen LogP contribution in [0.15, 0.2) is 0 Å². The minimum atomic E-state index is -1.34. The van der Waals surface area contributed by atoms with Crippen molar-refractivity contribution in [2.75, 3.05) is 0 Å². The van der Waals surface area contributed by atoms with Gasteiger partial charge in [-0.2, -0.15) is 0 Å². The SMILES string of the molecule is CCC(=O)OC(Cl)C(N)=O. The summed E-state index contributed by atoms with van der Waals surface area (Å²) in [5.74, 6) is -1.40. The van der Waals surface area contributed by atoms with Crippen LogP contribution in [0.25, 0.3) is 0 Å². The highest BCUT2D eigenvalue weighted by molar-refractivity contribution is 6.29.